The molecule has 0 amide bonds. The summed E-state index contributed by atoms with van der Waals surface area (Å²) in [5, 5.41) is 35.7. The van der Waals surface area contributed by atoms with Crippen molar-refractivity contribution >= 4 is 16.6 Å². The second kappa shape index (κ2) is 9.60. The molecule has 5 heteroatoms. The Morgan fingerprint density at radius 3 is 2.54 bits per heavy atom. The van der Waals surface area contributed by atoms with Gasteiger partial charge in [0.2, 0.25) is 0 Å². The molecule has 1 spiro atoms. The summed E-state index contributed by atoms with van der Waals surface area (Å²) in [5.74, 6) is -2.61. The Kier molecular flexibility index (Phi) is 6.33. The van der Waals surface area contributed by atoms with E-state index in [1.165, 1.54) is 7.11 Å². The Labute approximate surface area is 241 Å². The summed E-state index contributed by atoms with van der Waals surface area (Å²) < 4.78 is 6.04. The fourth-order valence-electron chi connectivity index (χ4n) is 10.0. The van der Waals surface area contributed by atoms with E-state index in [1.54, 1.807) is 0 Å². The molecule has 7 bridgehead atoms. The average molecular weight is 553 g/mol. The average Bonchev–Trinajstić information content (AvgIpc) is 3.32. The molecule has 7 unspecified atom stereocenters. The van der Waals surface area contributed by atoms with Gasteiger partial charge in [-0.1, -0.05) is 79.2 Å². The molecule has 3 fully saturated rings. The molecular formula is C36H40O5. The lowest BCUT2D eigenvalue weighted by Gasteiger charge is -2.57. The first-order valence-corrected chi connectivity index (χ1v) is 15.1. The van der Waals surface area contributed by atoms with Gasteiger partial charge in [0.25, 0.3) is 0 Å². The van der Waals surface area contributed by atoms with E-state index in [0.29, 0.717) is 19.3 Å². The van der Waals surface area contributed by atoms with E-state index >= 15 is 0 Å². The summed E-state index contributed by atoms with van der Waals surface area (Å²) >= 11 is 0. The summed E-state index contributed by atoms with van der Waals surface area (Å²) in [5.41, 5.74) is 3.45. The van der Waals surface area contributed by atoms with Crippen molar-refractivity contribution in [2.75, 3.05) is 20.3 Å². The van der Waals surface area contributed by atoms with Gasteiger partial charge in [-0.05, 0) is 77.0 Å². The van der Waals surface area contributed by atoms with Gasteiger partial charge in [-0.3, -0.25) is 4.79 Å². The third-order valence-corrected chi connectivity index (χ3v) is 11.6. The van der Waals surface area contributed by atoms with E-state index < -0.39 is 22.5 Å². The van der Waals surface area contributed by atoms with E-state index in [1.807, 2.05) is 6.07 Å². The highest BCUT2D eigenvalue weighted by molar-refractivity contribution is 5.91. The molecule has 4 aliphatic rings. The Hall–Kier alpha value is -2.83. The number of fused-ring (bicyclic) bond motifs is 5. The van der Waals surface area contributed by atoms with Crippen LogP contribution in [0, 0.1) is 28.6 Å². The minimum absolute atomic E-state index is 0.0220. The maximum atomic E-state index is 14.9. The third kappa shape index (κ3) is 3.47. The number of benzene rings is 3. The van der Waals surface area contributed by atoms with Crippen molar-refractivity contribution in [3.05, 3.63) is 95.1 Å². The minimum Gasteiger partial charge on any atom is -0.396 e. The third-order valence-electron chi connectivity index (χ3n) is 11.6. The number of hydrogen-bond donors (Lipinski definition) is 3. The van der Waals surface area contributed by atoms with Crippen LogP contribution in [0.2, 0.25) is 0 Å². The van der Waals surface area contributed by atoms with Crippen molar-refractivity contribution in [3.63, 3.8) is 0 Å². The molecule has 0 radical (unpaired) electrons. The second-order valence-electron chi connectivity index (χ2n) is 13.1. The molecule has 0 aliphatic heterocycles. The molecule has 3 aromatic rings. The highest BCUT2D eigenvalue weighted by atomic mass is 16.6. The number of aryl methyl sites for hydroxylation is 1. The molecule has 5 nitrogen and oxygen atoms in total. The molecule has 7 rings (SSSR count). The van der Waals surface area contributed by atoms with Gasteiger partial charge in [0.15, 0.2) is 5.79 Å². The van der Waals surface area contributed by atoms with Crippen LogP contribution < -0.4 is 0 Å². The van der Waals surface area contributed by atoms with Gasteiger partial charge in [0, 0.05) is 37.4 Å². The number of aliphatic hydroxyl groups excluding tert-OH is 2. The normalized spacial score (nSPS) is 36.3. The largest absolute Gasteiger partial charge is 0.396 e. The predicted octanol–water partition coefficient (Wildman–Crippen LogP) is 5.13. The van der Waals surface area contributed by atoms with E-state index in [0.717, 1.165) is 57.9 Å². The molecule has 3 N–H and O–H groups in total. The van der Waals surface area contributed by atoms with Crippen LogP contribution in [0.25, 0.3) is 10.8 Å². The first kappa shape index (κ1) is 27.0. The molecule has 4 aliphatic carbocycles. The van der Waals surface area contributed by atoms with Gasteiger partial charge in [-0.15, -0.1) is 0 Å². The Bertz CT molecular complexity index is 1540. The van der Waals surface area contributed by atoms with Gasteiger partial charge in [-0.25, -0.2) is 0 Å². The maximum absolute atomic E-state index is 14.9. The molecule has 7 atom stereocenters. The Morgan fingerprint density at radius 2 is 1.76 bits per heavy atom. The lowest BCUT2D eigenvalue weighted by Crippen LogP contribution is -2.62. The van der Waals surface area contributed by atoms with Crippen LogP contribution in [0.5, 0.6) is 0 Å². The summed E-state index contributed by atoms with van der Waals surface area (Å²) in [6, 6.07) is 21.3. The number of Topliss-reactive ketones (excluding diaryl/α,β-unsaturated/α-hetero) is 1. The van der Waals surface area contributed by atoms with Crippen LogP contribution in [0.1, 0.15) is 53.9 Å². The number of aliphatic hydroxyl groups is 3. The Morgan fingerprint density at radius 1 is 0.951 bits per heavy atom. The van der Waals surface area contributed by atoms with E-state index in [9.17, 15) is 20.1 Å². The maximum Gasteiger partial charge on any atom is 0.185 e. The van der Waals surface area contributed by atoms with E-state index in [4.69, 9.17) is 4.74 Å². The SMILES string of the molecule is C=C1C2C(CO)C3CCCC14Cc1ccc5ccc(cc5c1)C(CO)Cc1cccc(c1)CCC(=O)C34C2(O)OC. The number of carbonyl (C=O) groups excluding carboxylic acids is 1. The summed E-state index contributed by atoms with van der Waals surface area (Å²) in [7, 11) is 1.52. The topological polar surface area (TPSA) is 87.0 Å². The lowest BCUT2D eigenvalue weighted by atomic mass is 9.45. The number of ether oxygens (including phenoxy) is 1. The molecule has 41 heavy (non-hydrogen) atoms. The summed E-state index contributed by atoms with van der Waals surface area (Å²) in [6.07, 6.45) is 4.60. The van der Waals surface area contributed by atoms with Gasteiger partial charge >= 0.3 is 0 Å². The number of carbonyl (C=O) groups is 1. The number of rotatable bonds is 3. The monoisotopic (exact) mass is 552 g/mol. The van der Waals surface area contributed by atoms with Gasteiger partial charge in [0.1, 0.15) is 5.78 Å². The summed E-state index contributed by atoms with van der Waals surface area (Å²) in [4.78, 5) is 14.9. The zero-order valence-corrected chi connectivity index (χ0v) is 23.8. The molecule has 0 aromatic heterocycles. The molecule has 214 valence electrons. The second-order valence-corrected chi connectivity index (χ2v) is 13.1. The van der Waals surface area contributed by atoms with E-state index in [2.05, 4.69) is 61.2 Å². The first-order valence-electron chi connectivity index (χ1n) is 15.1. The lowest BCUT2D eigenvalue weighted by molar-refractivity contribution is -0.267. The number of hydrogen-bond acceptors (Lipinski definition) is 5. The van der Waals surface area contributed by atoms with Crippen LogP contribution in [-0.2, 0) is 28.8 Å². The van der Waals surface area contributed by atoms with Crippen molar-refractivity contribution < 1.29 is 24.9 Å². The van der Waals surface area contributed by atoms with Crippen molar-refractivity contribution in [2.45, 2.75) is 56.7 Å². The van der Waals surface area contributed by atoms with Crippen LogP contribution in [0.15, 0.2) is 72.8 Å². The van der Waals surface area contributed by atoms with Crippen molar-refractivity contribution in [1.29, 1.82) is 0 Å². The Balaban J connectivity index is 1.46. The molecule has 0 heterocycles. The minimum atomic E-state index is -1.70. The van der Waals surface area contributed by atoms with Crippen LogP contribution in [0.3, 0.4) is 0 Å². The van der Waals surface area contributed by atoms with Crippen molar-refractivity contribution in [3.8, 4) is 0 Å². The zero-order chi connectivity index (χ0) is 28.6. The smallest absolute Gasteiger partial charge is 0.185 e. The fraction of sp³-hybridized carbons (Fsp3) is 0.472. The van der Waals surface area contributed by atoms with Gasteiger partial charge < -0.3 is 20.1 Å². The zero-order valence-electron chi connectivity index (χ0n) is 23.8. The first-order chi connectivity index (χ1) is 19.8. The van der Waals surface area contributed by atoms with Crippen LogP contribution >= 0.6 is 0 Å². The van der Waals surface area contributed by atoms with Crippen LogP contribution in [-0.4, -0.2) is 47.2 Å². The summed E-state index contributed by atoms with van der Waals surface area (Å²) in [6.45, 7) is 4.56. The van der Waals surface area contributed by atoms with Crippen molar-refractivity contribution in [1.82, 2.24) is 0 Å². The highest BCUT2D eigenvalue weighted by Gasteiger charge is 2.85. The fourth-order valence-corrected chi connectivity index (χ4v) is 10.0. The quantitative estimate of drug-likeness (QED) is 0.310. The van der Waals surface area contributed by atoms with Gasteiger partial charge in [0.05, 0.1) is 12.0 Å². The molecular weight excluding hydrogens is 512 g/mol. The van der Waals surface area contributed by atoms with Crippen LogP contribution in [0.4, 0.5) is 0 Å². The standard InChI is InChI=1S/C36H40O5/c1-22-33-30(21-38)31-7-4-14-34(22)19-25-8-10-26-11-12-27(18-28(26)17-25)29(20-37)16-24-6-3-5-23(15-24)9-13-32(39)35(31,34)36(33,40)41-2/h3,5-6,8,10-12,15,17-18,29-31,33,37-38,40H,1,4,7,9,13-14,16,19-21H2,2H3. The predicted molar refractivity (Wildman–Crippen MR) is 158 cm³/mol. The number of ketones is 1. The molecule has 3 aromatic carbocycles. The molecule has 0 saturated heterocycles. The van der Waals surface area contributed by atoms with Crippen molar-refractivity contribution in [2.24, 2.45) is 28.6 Å². The van der Waals surface area contributed by atoms with E-state index in [-0.39, 0.29) is 43.2 Å². The van der Waals surface area contributed by atoms with Gasteiger partial charge in [-0.2, -0.15) is 0 Å². The number of methoxy groups -OCH3 is 1. The highest BCUT2D eigenvalue weighted by Crippen LogP contribution is 2.80. The molecule has 3 saturated carbocycles.